The molecule has 0 atom stereocenters. The van der Waals surface area contributed by atoms with Gasteiger partial charge in [-0.1, -0.05) is 25.1 Å². The Balaban J connectivity index is 2.04. The Labute approximate surface area is 169 Å². The average molecular weight is 389 g/mol. The highest BCUT2D eigenvalue weighted by Crippen LogP contribution is 2.26. The van der Waals surface area contributed by atoms with E-state index >= 15 is 0 Å². The van der Waals surface area contributed by atoms with Crippen molar-refractivity contribution in [1.29, 1.82) is 5.26 Å². The van der Waals surface area contributed by atoms with Gasteiger partial charge in [0.25, 0.3) is 0 Å². The molecular weight excluding hydrogens is 366 g/mol. The summed E-state index contributed by atoms with van der Waals surface area (Å²) in [5, 5.41) is 10.6. The van der Waals surface area contributed by atoms with Gasteiger partial charge in [0, 0.05) is 28.4 Å². The lowest BCUT2D eigenvalue weighted by Gasteiger charge is -2.03. The van der Waals surface area contributed by atoms with Crippen molar-refractivity contribution >= 4 is 28.7 Å². The van der Waals surface area contributed by atoms with Crippen molar-refractivity contribution in [1.82, 2.24) is 9.97 Å². The molecule has 1 aromatic carbocycles. The molecule has 6 nitrogen and oxygen atoms in total. The maximum atomic E-state index is 13.0. The van der Waals surface area contributed by atoms with Gasteiger partial charge in [-0.3, -0.25) is 4.79 Å². The number of ether oxygens (including phenoxy) is 1. The second kappa shape index (κ2) is 8.19. The number of hydrogen-bond acceptors (Lipinski definition) is 4. The second-order valence-electron chi connectivity index (χ2n) is 6.78. The number of fused-ring (bicyclic) bond motifs is 1. The van der Waals surface area contributed by atoms with Gasteiger partial charge in [0.2, 0.25) is 5.78 Å². The van der Waals surface area contributed by atoms with E-state index < -0.39 is 11.8 Å². The van der Waals surface area contributed by atoms with E-state index in [1.807, 2.05) is 24.3 Å². The molecule has 0 aliphatic rings. The van der Waals surface area contributed by atoms with Crippen LogP contribution >= 0.6 is 0 Å². The third-order valence-corrected chi connectivity index (χ3v) is 5.02. The first-order chi connectivity index (χ1) is 13.9. The fourth-order valence-corrected chi connectivity index (χ4v) is 3.58. The number of nitriles is 1. The highest BCUT2D eigenvalue weighted by Gasteiger charge is 2.25. The number of esters is 1. The van der Waals surface area contributed by atoms with Crippen LogP contribution in [0.4, 0.5) is 0 Å². The lowest BCUT2D eigenvalue weighted by molar-refractivity contribution is 0.0525. The lowest BCUT2D eigenvalue weighted by atomic mass is 10.0. The first-order valence-corrected chi connectivity index (χ1v) is 9.54. The normalized spacial score (nSPS) is 11.5. The molecule has 0 radical (unpaired) electrons. The minimum atomic E-state index is -0.482. The quantitative estimate of drug-likeness (QED) is 0.278. The third kappa shape index (κ3) is 3.59. The molecule has 0 spiro atoms. The first kappa shape index (κ1) is 20.2. The van der Waals surface area contributed by atoms with Crippen molar-refractivity contribution < 1.29 is 14.3 Å². The minimum absolute atomic E-state index is 0.00689. The van der Waals surface area contributed by atoms with Crippen LogP contribution in [0.1, 0.15) is 57.1 Å². The molecule has 0 amide bonds. The second-order valence-corrected chi connectivity index (χ2v) is 6.78. The number of nitrogens with one attached hydrogen (secondary N) is 2. The molecule has 0 bridgehead atoms. The van der Waals surface area contributed by atoms with Crippen molar-refractivity contribution in [3.05, 3.63) is 63.6 Å². The SMILES string of the molecule is CCOC(=O)c1c(C)[nH]c(C(=O)/C(C#N)=C/c2c[nH]c3c(CC)cccc23)c1C. The van der Waals surface area contributed by atoms with E-state index in [0.717, 1.165) is 22.9 Å². The van der Waals surface area contributed by atoms with Crippen molar-refractivity contribution in [2.45, 2.75) is 34.1 Å². The third-order valence-electron chi connectivity index (χ3n) is 5.02. The molecule has 0 saturated carbocycles. The largest absolute Gasteiger partial charge is 0.462 e. The van der Waals surface area contributed by atoms with Crippen LogP contribution in [0, 0.1) is 25.2 Å². The zero-order valence-electron chi connectivity index (χ0n) is 17.0. The van der Waals surface area contributed by atoms with Crippen molar-refractivity contribution in [3.8, 4) is 6.07 Å². The number of aryl methyl sites for hydroxylation is 2. The number of allylic oxidation sites excluding steroid dienone is 1. The van der Waals surface area contributed by atoms with E-state index in [1.54, 1.807) is 33.0 Å². The van der Waals surface area contributed by atoms with Gasteiger partial charge in [-0.2, -0.15) is 5.26 Å². The molecule has 2 heterocycles. The summed E-state index contributed by atoms with van der Waals surface area (Å²) in [5.41, 5.74) is 4.53. The number of H-pyrrole nitrogens is 2. The monoisotopic (exact) mass is 389 g/mol. The maximum absolute atomic E-state index is 13.0. The van der Waals surface area contributed by atoms with Gasteiger partial charge >= 0.3 is 5.97 Å². The number of Topliss-reactive ketones (excluding diaryl/α,β-unsaturated/α-hetero) is 1. The Hall–Kier alpha value is -3.59. The number of benzene rings is 1. The predicted molar refractivity (Wildman–Crippen MR) is 112 cm³/mol. The van der Waals surface area contributed by atoms with Gasteiger partial charge in [-0.15, -0.1) is 0 Å². The number of ketones is 1. The summed E-state index contributed by atoms with van der Waals surface area (Å²) >= 11 is 0. The molecular formula is C23H23N3O3. The van der Waals surface area contributed by atoms with Crippen LogP contribution in [0.2, 0.25) is 0 Å². The summed E-state index contributed by atoms with van der Waals surface area (Å²) in [6, 6.07) is 7.97. The van der Waals surface area contributed by atoms with E-state index in [9.17, 15) is 14.9 Å². The predicted octanol–water partition coefficient (Wildman–Crippen LogP) is 4.64. The van der Waals surface area contributed by atoms with Crippen LogP contribution < -0.4 is 0 Å². The lowest BCUT2D eigenvalue weighted by Crippen LogP contribution is -2.08. The van der Waals surface area contributed by atoms with Crippen LogP contribution in [0.15, 0.2) is 30.0 Å². The summed E-state index contributed by atoms with van der Waals surface area (Å²) < 4.78 is 5.07. The number of aromatic amines is 2. The Kier molecular flexibility index (Phi) is 5.69. The summed E-state index contributed by atoms with van der Waals surface area (Å²) in [7, 11) is 0. The van der Waals surface area contributed by atoms with E-state index in [0.29, 0.717) is 16.8 Å². The maximum Gasteiger partial charge on any atom is 0.340 e. The molecule has 0 aliphatic carbocycles. The van der Waals surface area contributed by atoms with Crippen LogP contribution in [-0.2, 0) is 11.2 Å². The topological polar surface area (TPSA) is 98.7 Å². The Morgan fingerprint density at radius 2 is 2.00 bits per heavy atom. The summed E-state index contributed by atoms with van der Waals surface area (Å²) in [6.07, 6.45) is 4.26. The van der Waals surface area contributed by atoms with Crippen LogP contribution in [0.5, 0.6) is 0 Å². The minimum Gasteiger partial charge on any atom is -0.462 e. The molecule has 3 rings (SSSR count). The van der Waals surface area contributed by atoms with Gasteiger partial charge in [0.1, 0.15) is 11.6 Å². The average Bonchev–Trinajstić information content (AvgIpc) is 3.25. The number of carbonyl (C=O) groups excluding carboxylic acids is 2. The summed E-state index contributed by atoms with van der Waals surface area (Å²) in [6.45, 7) is 7.43. The van der Waals surface area contributed by atoms with Crippen LogP contribution in [-0.4, -0.2) is 28.3 Å². The highest BCUT2D eigenvalue weighted by molar-refractivity contribution is 6.15. The molecule has 29 heavy (non-hydrogen) atoms. The van der Waals surface area contributed by atoms with E-state index in [4.69, 9.17) is 4.74 Å². The number of aromatic nitrogens is 2. The number of carbonyl (C=O) groups is 2. The van der Waals surface area contributed by atoms with Gasteiger partial charge in [-0.25, -0.2) is 4.79 Å². The van der Waals surface area contributed by atoms with E-state index in [-0.39, 0.29) is 17.9 Å². The van der Waals surface area contributed by atoms with Crippen molar-refractivity contribution in [3.63, 3.8) is 0 Å². The van der Waals surface area contributed by atoms with Crippen molar-refractivity contribution in [2.75, 3.05) is 6.61 Å². The van der Waals surface area contributed by atoms with Crippen LogP contribution in [0.25, 0.3) is 17.0 Å². The summed E-state index contributed by atoms with van der Waals surface area (Å²) in [4.78, 5) is 31.4. The summed E-state index contributed by atoms with van der Waals surface area (Å²) in [5.74, 6) is -0.936. The number of hydrogen-bond donors (Lipinski definition) is 2. The van der Waals surface area contributed by atoms with E-state index in [2.05, 4.69) is 16.9 Å². The molecule has 6 heteroatoms. The van der Waals surface area contributed by atoms with Gasteiger partial charge in [0.15, 0.2) is 0 Å². The molecule has 0 fully saturated rings. The molecule has 0 saturated heterocycles. The molecule has 2 aromatic heterocycles. The number of para-hydroxylation sites is 1. The molecule has 148 valence electrons. The molecule has 3 aromatic rings. The molecule has 2 N–H and O–H groups in total. The smallest absolute Gasteiger partial charge is 0.340 e. The van der Waals surface area contributed by atoms with Crippen LogP contribution in [0.3, 0.4) is 0 Å². The highest BCUT2D eigenvalue weighted by atomic mass is 16.5. The van der Waals surface area contributed by atoms with Gasteiger partial charge in [0.05, 0.1) is 17.9 Å². The first-order valence-electron chi connectivity index (χ1n) is 9.54. The Bertz CT molecular complexity index is 1170. The molecule has 0 unspecified atom stereocenters. The standard InChI is InChI=1S/C23H23N3O3/c1-5-15-8-7-9-18-17(12-25-21(15)18)10-16(11-24)22(27)20-13(3)19(14(4)26-20)23(28)29-6-2/h7-10,12,25-26H,5-6H2,1-4H3/b16-10+. The Morgan fingerprint density at radius 3 is 2.66 bits per heavy atom. The van der Waals surface area contributed by atoms with E-state index in [1.165, 1.54) is 5.56 Å². The van der Waals surface area contributed by atoms with Gasteiger partial charge < -0.3 is 14.7 Å². The Morgan fingerprint density at radius 1 is 1.24 bits per heavy atom. The van der Waals surface area contributed by atoms with Gasteiger partial charge in [-0.05, 0) is 44.4 Å². The zero-order chi connectivity index (χ0) is 21.1. The number of nitrogens with zero attached hydrogens (tertiary/aromatic N) is 1. The molecule has 0 aliphatic heterocycles. The zero-order valence-corrected chi connectivity index (χ0v) is 17.0. The van der Waals surface area contributed by atoms with Crippen molar-refractivity contribution in [2.24, 2.45) is 0 Å². The fraction of sp³-hybridized carbons (Fsp3) is 0.261. The fourth-order valence-electron chi connectivity index (χ4n) is 3.58. The number of rotatable bonds is 6.